The van der Waals surface area contributed by atoms with Crippen molar-refractivity contribution in [2.24, 2.45) is 11.1 Å². The lowest BCUT2D eigenvalue weighted by molar-refractivity contribution is -0.125. The third-order valence-electron chi connectivity index (χ3n) is 3.80. The van der Waals surface area contributed by atoms with Crippen molar-refractivity contribution >= 4 is 23.4 Å². The summed E-state index contributed by atoms with van der Waals surface area (Å²) >= 11 is 0. The number of nitrogens with one attached hydrogen (secondary N) is 2. The predicted octanol–water partition coefficient (Wildman–Crippen LogP) is 2.57. The first kappa shape index (κ1) is 17.0. The van der Waals surface area contributed by atoms with Gasteiger partial charge < -0.3 is 15.8 Å². The second-order valence-corrected chi connectivity index (χ2v) is 4.84. The number of hydrogen-bond donors (Lipinski definition) is 3. The number of nitrogens with two attached hydrogens (primary N) is 1. The van der Waals surface area contributed by atoms with Crippen LogP contribution in [0.15, 0.2) is 24.3 Å². The molecule has 0 heterocycles. The molecule has 0 aromatic heterocycles. The molecule has 1 aromatic carbocycles. The molecule has 1 rings (SSSR count). The molecule has 0 spiro atoms. The predicted molar refractivity (Wildman–Crippen MR) is 83.2 cm³/mol. The number of rotatable bonds is 6. The maximum Gasteiger partial charge on any atom is 0.411 e. The zero-order valence-electron chi connectivity index (χ0n) is 12.7. The Labute approximate surface area is 125 Å². The molecule has 0 aliphatic rings. The van der Waals surface area contributed by atoms with E-state index < -0.39 is 11.5 Å². The molecule has 0 fully saturated rings. The Balaban J connectivity index is 2.75. The summed E-state index contributed by atoms with van der Waals surface area (Å²) in [6.45, 7) is 4.23. The van der Waals surface area contributed by atoms with Crippen LogP contribution in [0.25, 0.3) is 0 Å². The maximum atomic E-state index is 12.4. The van der Waals surface area contributed by atoms with Crippen molar-refractivity contribution in [3.63, 3.8) is 0 Å². The summed E-state index contributed by atoms with van der Waals surface area (Å²) in [5.41, 5.74) is 6.47. The normalized spacial score (nSPS) is 10.9. The van der Waals surface area contributed by atoms with Crippen LogP contribution in [0, 0.1) is 5.41 Å². The largest absolute Gasteiger partial charge is 0.453 e. The zero-order valence-corrected chi connectivity index (χ0v) is 12.7. The molecule has 6 heteroatoms. The number of carbonyl (C=O) groups is 2. The quantitative estimate of drug-likeness (QED) is 0.751. The number of benzene rings is 1. The van der Waals surface area contributed by atoms with Gasteiger partial charge in [0.25, 0.3) is 0 Å². The van der Waals surface area contributed by atoms with Gasteiger partial charge in [0.2, 0.25) is 5.91 Å². The molecular formula is C15H23N3O3. The minimum absolute atomic E-state index is 0.0799. The standard InChI is InChI=1S/C15H23N3O3/c1-4-15(5-2,10-16)13(19)17-11-6-8-12(9-7-11)18-14(20)21-3/h6-9H,4-5,10,16H2,1-3H3,(H,17,19)(H,18,20). The second-order valence-electron chi connectivity index (χ2n) is 4.84. The Morgan fingerprint density at radius 2 is 1.57 bits per heavy atom. The average Bonchev–Trinajstić information content (AvgIpc) is 2.51. The lowest BCUT2D eigenvalue weighted by Crippen LogP contribution is -2.41. The van der Waals surface area contributed by atoms with Crippen LogP contribution < -0.4 is 16.4 Å². The van der Waals surface area contributed by atoms with Gasteiger partial charge in [0.1, 0.15) is 0 Å². The van der Waals surface area contributed by atoms with Crippen molar-refractivity contribution in [3.05, 3.63) is 24.3 Å². The smallest absolute Gasteiger partial charge is 0.411 e. The monoisotopic (exact) mass is 293 g/mol. The molecule has 0 saturated carbocycles. The Morgan fingerprint density at radius 3 is 1.95 bits per heavy atom. The molecule has 0 aliphatic carbocycles. The van der Waals surface area contributed by atoms with E-state index in [0.29, 0.717) is 30.8 Å². The lowest BCUT2D eigenvalue weighted by Gasteiger charge is -2.28. The lowest BCUT2D eigenvalue weighted by atomic mass is 9.81. The van der Waals surface area contributed by atoms with Crippen LogP contribution in [0.3, 0.4) is 0 Å². The van der Waals surface area contributed by atoms with Gasteiger partial charge in [-0.25, -0.2) is 4.79 Å². The van der Waals surface area contributed by atoms with Crippen LogP contribution in [-0.4, -0.2) is 25.7 Å². The van der Waals surface area contributed by atoms with E-state index in [1.54, 1.807) is 24.3 Å². The molecule has 4 N–H and O–H groups in total. The van der Waals surface area contributed by atoms with Crippen LogP contribution in [0.1, 0.15) is 26.7 Å². The summed E-state index contributed by atoms with van der Waals surface area (Å²) in [5, 5.41) is 5.41. The first-order valence-electron chi connectivity index (χ1n) is 6.98. The van der Waals surface area contributed by atoms with Crippen molar-refractivity contribution in [2.75, 3.05) is 24.3 Å². The van der Waals surface area contributed by atoms with Gasteiger partial charge in [-0.1, -0.05) is 13.8 Å². The summed E-state index contributed by atoms with van der Waals surface area (Å²) in [7, 11) is 1.30. The van der Waals surface area contributed by atoms with Crippen LogP contribution in [-0.2, 0) is 9.53 Å². The van der Waals surface area contributed by atoms with Crippen LogP contribution in [0.5, 0.6) is 0 Å². The molecule has 0 unspecified atom stereocenters. The topological polar surface area (TPSA) is 93.5 Å². The molecule has 1 aromatic rings. The van der Waals surface area contributed by atoms with Crippen molar-refractivity contribution in [2.45, 2.75) is 26.7 Å². The summed E-state index contributed by atoms with van der Waals surface area (Å²) in [6.07, 6.45) is 0.840. The molecule has 0 bridgehead atoms. The third-order valence-corrected chi connectivity index (χ3v) is 3.80. The number of hydrogen-bond acceptors (Lipinski definition) is 4. The number of amides is 2. The molecule has 116 valence electrons. The molecule has 0 atom stereocenters. The molecule has 0 aliphatic heterocycles. The van der Waals surface area contributed by atoms with Crippen molar-refractivity contribution < 1.29 is 14.3 Å². The molecule has 0 saturated heterocycles. The van der Waals surface area contributed by atoms with Gasteiger partial charge in [-0.15, -0.1) is 0 Å². The highest BCUT2D eigenvalue weighted by molar-refractivity contribution is 5.95. The van der Waals surface area contributed by atoms with Gasteiger partial charge in [-0.2, -0.15) is 0 Å². The maximum absolute atomic E-state index is 12.4. The Hall–Kier alpha value is -2.08. The fourth-order valence-electron chi connectivity index (χ4n) is 2.02. The van der Waals surface area contributed by atoms with Crippen molar-refractivity contribution in [3.8, 4) is 0 Å². The molecule has 21 heavy (non-hydrogen) atoms. The summed E-state index contributed by atoms with van der Waals surface area (Å²) in [5.74, 6) is -0.0799. The van der Waals surface area contributed by atoms with E-state index in [-0.39, 0.29) is 5.91 Å². The summed E-state index contributed by atoms with van der Waals surface area (Å²) in [4.78, 5) is 23.4. The van der Waals surface area contributed by atoms with E-state index in [1.165, 1.54) is 7.11 Å². The Morgan fingerprint density at radius 1 is 1.10 bits per heavy atom. The first-order chi connectivity index (χ1) is 10.0. The van der Waals surface area contributed by atoms with Crippen molar-refractivity contribution in [1.29, 1.82) is 0 Å². The van der Waals surface area contributed by atoms with E-state index in [0.717, 1.165) is 0 Å². The number of ether oxygens (including phenoxy) is 1. The first-order valence-corrected chi connectivity index (χ1v) is 6.98. The van der Waals surface area contributed by atoms with Crippen molar-refractivity contribution in [1.82, 2.24) is 0 Å². The van der Waals surface area contributed by atoms with Gasteiger partial charge in [0.05, 0.1) is 12.5 Å². The Kier molecular flexibility index (Phi) is 6.17. The molecule has 6 nitrogen and oxygen atoms in total. The van der Waals surface area contributed by atoms with Gasteiger partial charge >= 0.3 is 6.09 Å². The van der Waals surface area contributed by atoms with Crippen LogP contribution >= 0.6 is 0 Å². The summed E-state index contributed by atoms with van der Waals surface area (Å²) < 4.78 is 4.50. The average molecular weight is 293 g/mol. The third kappa shape index (κ3) is 4.19. The fraction of sp³-hybridized carbons (Fsp3) is 0.467. The molecular weight excluding hydrogens is 270 g/mol. The van der Waals surface area contributed by atoms with E-state index >= 15 is 0 Å². The molecule has 2 amide bonds. The van der Waals surface area contributed by atoms with Gasteiger partial charge in [-0.3, -0.25) is 10.1 Å². The van der Waals surface area contributed by atoms with Gasteiger partial charge in [0.15, 0.2) is 0 Å². The van der Waals surface area contributed by atoms with Gasteiger partial charge in [0, 0.05) is 17.9 Å². The van der Waals surface area contributed by atoms with E-state index in [4.69, 9.17) is 5.73 Å². The SMILES string of the molecule is CCC(CC)(CN)C(=O)Nc1ccc(NC(=O)OC)cc1. The number of anilines is 2. The second kappa shape index (κ2) is 7.64. The van der Waals surface area contributed by atoms with Gasteiger partial charge in [-0.05, 0) is 37.1 Å². The number of methoxy groups -OCH3 is 1. The summed E-state index contributed by atoms with van der Waals surface area (Å²) in [6, 6.07) is 6.81. The minimum atomic E-state index is -0.539. The number of carbonyl (C=O) groups excluding carboxylic acids is 2. The highest BCUT2D eigenvalue weighted by Gasteiger charge is 2.33. The van der Waals surface area contributed by atoms with Crippen LogP contribution in [0.2, 0.25) is 0 Å². The van der Waals surface area contributed by atoms with E-state index in [9.17, 15) is 9.59 Å². The van der Waals surface area contributed by atoms with E-state index in [1.807, 2.05) is 13.8 Å². The zero-order chi connectivity index (χ0) is 15.9. The Bertz CT molecular complexity index is 473. The highest BCUT2D eigenvalue weighted by Crippen LogP contribution is 2.27. The molecule has 0 radical (unpaired) electrons. The van der Waals surface area contributed by atoms with Crippen LogP contribution in [0.4, 0.5) is 16.2 Å². The minimum Gasteiger partial charge on any atom is -0.453 e. The highest BCUT2D eigenvalue weighted by atomic mass is 16.5. The fourth-order valence-corrected chi connectivity index (χ4v) is 2.02. The van der Waals surface area contributed by atoms with E-state index in [2.05, 4.69) is 15.4 Å².